The largest absolute Gasteiger partial charge is 0.508 e. The Morgan fingerprint density at radius 3 is 2.50 bits per heavy atom. The summed E-state index contributed by atoms with van der Waals surface area (Å²) in [5.74, 6) is 0.543. The monoisotopic (exact) mass is 305 g/mol. The molecule has 3 nitrogen and oxygen atoms in total. The minimum Gasteiger partial charge on any atom is -0.508 e. The highest BCUT2D eigenvalue weighted by Crippen LogP contribution is 2.41. The van der Waals surface area contributed by atoms with Crippen LogP contribution in [0.25, 0.3) is 42.0 Å². The summed E-state index contributed by atoms with van der Waals surface area (Å²) >= 11 is 1.75. The van der Waals surface area contributed by atoms with Gasteiger partial charge in [-0.15, -0.1) is 11.3 Å². The van der Waals surface area contributed by atoms with Gasteiger partial charge < -0.3 is 15.2 Å². The van der Waals surface area contributed by atoms with Crippen molar-refractivity contribution in [3.05, 3.63) is 48.5 Å². The number of H-pyrrole nitrogens is 1. The molecule has 0 atom stereocenters. The first kappa shape index (κ1) is 11.9. The van der Waals surface area contributed by atoms with Crippen molar-refractivity contribution in [2.24, 2.45) is 0 Å². The summed E-state index contributed by atoms with van der Waals surface area (Å²) in [5.41, 5.74) is 2.03. The third-order valence-electron chi connectivity index (χ3n) is 4.14. The summed E-state index contributed by atoms with van der Waals surface area (Å²) in [4.78, 5) is 3.41. The Hall–Kier alpha value is -2.72. The van der Waals surface area contributed by atoms with Gasteiger partial charge >= 0.3 is 0 Å². The highest BCUT2D eigenvalue weighted by molar-refractivity contribution is 7.26. The van der Waals surface area contributed by atoms with Crippen LogP contribution in [0, 0.1) is 0 Å². The van der Waals surface area contributed by atoms with Crippen molar-refractivity contribution in [3.8, 4) is 11.5 Å². The van der Waals surface area contributed by atoms with E-state index in [1.165, 1.54) is 9.40 Å². The normalized spacial score (nSPS) is 12.0. The molecule has 0 saturated heterocycles. The number of thiophene rings is 1. The third-order valence-corrected chi connectivity index (χ3v) is 5.32. The number of aromatic nitrogens is 1. The van der Waals surface area contributed by atoms with Crippen molar-refractivity contribution in [1.82, 2.24) is 4.98 Å². The molecule has 2 aromatic heterocycles. The second kappa shape index (κ2) is 3.93. The van der Waals surface area contributed by atoms with E-state index in [2.05, 4.69) is 17.1 Å². The van der Waals surface area contributed by atoms with E-state index >= 15 is 0 Å². The van der Waals surface area contributed by atoms with Crippen LogP contribution in [0.2, 0.25) is 0 Å². The Bertz CT molecular complexity index is 1200. The molecular weight excluding hydrogens is 294 g/mol. The predicted octanol–water partition coefficient (Wildman–Crippen LogP) is 5.10. The van der Waals surface area contributed by atoms with Gasteiger partial charge in [-0.05, 0) is 47.2 Å². The van der Waals surface area contributed by atoms with E-state index in [-0.39, 0.29) is 11.5 Å². The van der Waals surface area contributed by atoms with E-state index in [0.29, 0.717) is 0 Å². The van der Waals surface area contributed by atoms with Crippen molar-refractivity contribution in [2.45, 2.75) is 0 Å². The Balaban J connectivity index is 1.97. The third kappa shape index (κ3) is 1.50. The molecule has 0 amide bonds. The molecule has 3 aromatic carbocycles. The standard InChI is InChI=1S/C18H11NO2S/c20-11-2-1-9-7-16-14(6-10(9)5-11)17-18(22-16)13-4-3-12(21)8-15(13)19-17/h1-8,19-21H. The van der Waals surface area contributed by atoms with E-state index in [4.69, 9.17) is 0 Å². The van der Waals surface area contributed by atoms with Gasteiger partial charge in [0.25, 0.3) is 0 Å². The molecule has 0 aliphatic rings. The molecule has 22 heavy (non-hydrogen) atoms. The van der Waals surface area contributed by atoms with Crippen LogP contribution >= 0.6 is 11.3 Å². The maximum absolute atomic E-state index is 9.68. The molecule has 0 unspecified atom stereocenters. The number of nitrogens with one attached hydrogen (secondary N) is 1. The molecule has 106 valence electrons. The number of rotatable bonds is 0. The minimum atomic E-state index is 0.265. The first-order chi connectivity index (χ1) is 10.7. The van der Waals surface area contributed by atoms with Crippen LogP contribution in [0.15, 0.2) is 48.5 Å². The van der Waals surface area contributed by atoms with Crippen LogP contribution in [0.3, 0.4) is 0 Å². The predicted molar refractivity (Wildman–Crippen MR) is 92.0 cm³/mol. The number of phenolic OH excluding ortho intramolecular Hbond substituents is 2. The van der Waals surface area contributed by atoms with Crippen molar-refractivity contribution >= 4 is 53.3 Å². The van der Waals surface area contributed by atoms with Crippen LogP contribution in [0.1, 0.15) is 0 Å². The van der Waals surface area contributed by atoms with Gasteiger partial charge in [-0.2, -0.15) is 0 Å². The summed E-state index contributed by atoms with van der Waals surface area (Å²) in [5, 5.41) is 23.7. The average molecular weight is 305 g/mol. The molecule has 2 heterocycles. The quantitative estimate of drug-likeness (QED) is 0.373. The lowest BCUT2D eigenvalue weighted by atomic mass is 10.1. The lowest BCUT2D eigenvalue weighted by molar-refractivity contribution is 0.475. The molecule has 0 aliphatic carbocycles. The smallest absolute Gasteiger partial charge is 0.117 e. The fraction of sp³-hybridized carbons (Fsp3) is 0. The van der Waals surface area contributed by atoms with Gasteiger partial charge in [-0.3, -0.25) is 0 Å². The molecule has 0 saturated carbocycles. The van der Waals surface area contributed by atoms with E-state index in [1.807, 2.05) is 12.1 Å². The number of hydrogen-bond donors (Lipinski definition) is 3. The molecule has 0 aliphatic heterocycles. The number of phenols is 2. The van der Waals surface area contributed by atoms with Gasteiger partial charge in [0.05, 0.1) is 15.7 Å². The molecule has 4 heteroatoms. The molecule has 5 rings (SSSR count). The Labute approximate surface area is 129 Å². The van der Waals surface area contributed by atoms with Gasteiger partial charge in [0.15, 0.2) is 0 Å². The van der Waals surface area contributed by atoms with Crippen molar-refractivity contribution in [3.63, 3.8) is 0 Å². The van der Waals surface area contributed by atoms with Gasteiger partial charge in [-0.25, -0.2) is 0 Å². The highest BCUT2D eigenvalue weighted by atomic mass is 32.1. The summed E-state index contributed by atoms with van der Waals surface area (Å²) in [7, 11) is 0. The SMILES string of the molecule is Oc1ccc2cc3sc4c5ccc(O)cc5[nH]c4c3cc2c1. The zero-order valence-corrected chi connectivity index (χ0v) is 12.2. The summed E-state index contributed by atoms with van der Waals surface area (Å²) < 4.78 is 2.42. The Morgan fingerprint density at radius 2 is 1.59 bits per heavy atom. The van der Waals surface area contributed by atoms with Crippen LogP contribution in [-0.4, -0.2) is 15.2 Å². The number of hydrogen-bond acceptors (Lipinski definition) is 3. The first-order valence-electron chi connectivity index (χ1n) is 6.99. The van der Waals surface area contributed by atoms with E-state index in [9.17, 15) is 10.2 Å². The van der Waals surface area contributed by atoms with Crippen LogP contribution < -0.4 is 0 Å². The van der Waals surface area contributed by atoms with Gasteiger partial charge in [0.1, 0.15) is 11.5 Å². The molecule has 0 radical (unpaired) electrons. The second-order valence-corrected chi connectivity index (χ2v) is 6.59. The van der Waals surface area contributed by atoms with E-state index < -0.39 is 0 Å². The lowest BCUT2D eigenvalue weighted by Gasteiger charge is -1.99. The number of benzene rings is 3. The lowest BCUT2D eigenvalue weighted by Crippen LogP contribution is -1.74. The maximum Gasteiger partial charge on any atom is 0.117 e. The topological polar surface area (TPSA) is 56.2 Å². The fourth-order valence-corrected chi connectivity index (χ4v) is 4.34. The molecule has 0 spiro atoms. The molecule has 0 fully saturated rings. The van der Waals surface area contributed by atoms with Crippen molar-refractivity contribution in [2.75, 3.05) is 0 Å². The van der Waals surface area contributed by atoms with Gasteiger partial charge in [0.2, 0.25) is 0 Å². The number of aromatic hydroxyl groups is 2. The van der Waals surface area contributed by atoms with Crippen molar-refractivity contribution in [1.29, 1.82) is 0 Å². The van der Waals surface area contributed by atoms with Gasteiger partial charge in [0, 0.05) is 21.5 Å². The maximum atomic E-state index is 9.68. The summed E-state index contributed by atoms with van der Waals surface area (Å²) in [6, 6.07) is 15.1. The molecule has 5 aromatic rings. The zero-order valence-electron chi connectivity index (χ0n) is 11.4. The Morgan fingerprint density at radius 1 is 0.773 bits per heavy atom. The van der Waals surface area contributed by atoms with E-state index in [0.717, 1.165) is 32.6 Å². The molecule has 3 N–H and O–H groups in total. The fourth-order valence-electron chi connectivity index (χ4n) is 3.11. The Kier molecular flexibility index (Phi) is 2.12. The van der Waals surface area contributed by atoms with Crippen molar-refractivity contribution < 1.29 is 10.2 Å². The van der Waals surface area contributed by atoms with Crippen LogP contribution in [0.4, 0.5) is 0 Å². The summed E-state index contributed by atoms with van der Waals surface area (Å²) in [6.45, 7) is 0. The van der Waals surface area contributed by atoms with Gasteiger partial charge in [-0.1, -0.05) is 6.07 Å². The highest BCUT2D eigenvalue weighted by Gasteiger charge is 2.12. The van der Waals surface area contributed by atoms with Crippen LogP contribution in [-0.2, 0) is 0 Å². The van der Waals surface area contributed by atoms with Crippen LogP contribution in [0.5, 0.6) is 11.5 Å². The molecular formula is C18H11NO2S. The number of aromatic amines is 1. The number of fused-ring (bicyclic) bond motifs is 6. The zero-order chi connectivity index (χ0) is 14.8. The summed E-state index contributed by atoms with van der Waals surface area (Å²) in [6.07, 6.45) is 0. The second-order valence-electron chi connectivity index (χ2n) is 5.54. The van der Waals surface area contributed by atoms with E-state index in [1.54, 1.807) is 35.6 Å². The first-order valence-corrected chi connectivity index (χ1v) is 7.80. The average Bonchev–Trinajstić information content (AvgIpc) is 3.00. The minimum absolute atomic E-state index is 0.265. The molecule has 0 bridgehead atoms.